The van der Waals surface area contributed by atoms with Crippen molar-refractivity contribution in [2.75, 3.05) is 18.9 Å². The first-order valence-corrected chi connectivity index (χ1v) is 5.52. The summed E-state index contributed by atoms with van der Waals surface area (Å²) in [6.45, 7) is 0.812. The van der Waals surface area contributed by atoms with Crippen molar-refractivity contribution >= 4 is 11.7 Å². The predicted octanol–water partition coefficient (Wildman–Crippen LogP) is 0.801. The van der Waals surface area contributed by atoms with E-state index in [-0.39, 0.29) is 5.91 Å². The molecule has 0 bridgehead atoms. The molecule has 4 N–H and O–H groups in total. The number of rotatable bonds is 5. The molecule has 0 saturated carbocycles. The average molecular weight is 246 g/mol. The smallest absolute Gasteiger partial charge is 0.269 e. The number of para-hydroxylation sites is 1. The van der Waals surface area contributed by atoms with E-state index in [4.69, 9.17) is 10.5 Å². The molecular formula is C12H14N4O2. The first kappa shape index (κ1) is 12.0. The molecule has 1 aromatic heterocycles. The van der Waals surface area contributed by atoms with Gasteiger partial charge in [-0.2, -0.15) is 5.10 Å². The van der Waals surface area contributed by atoms with E-state index in [0.29, 0.717) is 24.7 Å². The number of carbonyl (C=O) groups excluding carboxylic acids is 1. The van der Waals surface area contributed by atoms with Gasteiger partial charge in [0.25, 0.3) is 5.91 Å². The van der Waals surface area contributed by atoms with Gasteiger partial charge in [-0.3, -0.25) is 9.89 Å². The van der Waals surface area contributed by atoms with Crippen molar-refractivity contribution in [1.29, 1.82) is 0 Å². The molecule has 0 aliphatic carbocycles. The number of nitrogens with one attached hydrogen (secondary N) is 2. The fourth-order valence-corrected chi connectivity index (χ4v) is 1.40. The lowest BCUT2D eigenvalue weighted by molar-refractivity contribution is 0.0942. The third-order valence-corrected chi connectivity index (χ3v) is 2.24. The van der Waals surface area contributed by atoms with Gasteiger partial charge >= 0.3 is 0 Å². The van der Waals surface area contributed by atoms with Crippen molar-refractivity contribution in [2.24, 2.45) is 0 Å². The Labute approximate surface area is 104 Å². The Morgan fingerprint density at radius 2 is 2.17 bits per heavy atom. The van der Waals surface area contributed by atoms with E-state index in [0.717, 1.165) is 5.75 Å². The first-order valence-electron chi connectivity index (χ1n) is 5.52. The molecule has 2 aromatic rings. The molecule has 2 rings (SSSR count). The van der Waals surface area contributed by atoms with Crippen LogP contribution in [0.15, 0.2) is 36.4 Å². The Hall–Kier alpha value is -2.50. The van der Waals surface area contributed by atoms with Crippen LogP contribution in [0.1, 0.15) is 10.5 Å². The summed E-state index contributed by atoms with van der Waals surface area (Å²) in [5.41, 5.74) is 5.74. The predicted molar refractivity (Wildman–Crippen MR) is 67.3 cm³/mol. The van der Waals surface area contributed by atoms with Crippen molar-refractivity contribution in [3.8, 4) is 5.75 Å². The molecule has 0 fully saturated rings. The molecule has 1 heterocycles. The van der Waals surface area contributed by atoms with Crippen LogP contribution in [0, 0.1) is 0 Å². The molecule has 6 heteroatoms. The Kier molecular flexibility index (Phi) is 3.80. The molecule has 0 aliphatic heterocycles. The molecule has 94 valence electrons. The number of benzene rings is 1. The lowest BCUT2D eigenvalue weighted by Crippen LogP contribution is -2.28. The molecule has 0 atom stereocenters. The van der Waals surface area contributed by atoms with Gasteiger partial charge in [-0.1, -0.05) is 18.2 Å². The Morgan fingerprint density at radius 3 is 2.83 bits per heavy atom. The highest BCUT2D eigenvalue weighted by Crippen LogP contribution is 2.07. The van der Waals surface area contributed by atoms with Gasteiger partial charge in [0.05, 0.1) is 6.54 Å². The van der Waals surface area contributed by atoms with Crippen LogP contribution in [0.4, 0.5) is 5.82 Å². The van der Waals surface area contributed by atoms with Crippen LogP contribution in [0.5, 0.6) is 5.75 Å². The van der Waals surface area contributed by atoms with Crippen LogP contribution in [0.2, 0.25) is 0 Å². The van der Waals surface area contributed by atoms with E-state index in [1.807, 2.05) is 30.3 Å². The number of anilines is 1. The van der Waals surface area contributed by atoms with Crippen LogP contribution in [-0.2, 0) is 0 Å². The van der Waals surface area contributed by atoms with Crippen molar-refractivity contribution in [1.82, 2.24) is 15.5 Å². The van der Waals surface area contributed by atoms with Gasteiger partial charge in [-0.25, -0.2) is 0 Å². The lowest BCUT2D eigenvalue weighted by atomic mass is 10.3. The number of aromatic nitrogens is 2. The minimum absolute atomic E-state index is 0.254. The number of ether oxygens (including phenoxy) is 1. The summed E-state index contributed by atoms with van der Waals surface area (Å²) in [5.74, 6) is 0.814. The molecule has 6 nitrogen and oxygen atoms in total. The standard InChI is InChI=1S/C12H14N4O2/c13-11-8-10(15-16-11)12(17)14-6-7-18-9-4-2-1-3-5-9/h1-5,8H,6-7H2,(H,14,17)(H3,13,15,16). The van der Waals surface area contributed by atoms with E-state index in [9.17, 15) is 4.79 Å². The molecule has 0 radical (unpaired) electrons. The first-order chi connectivity index (χ1) is 8.75. The van der Waals surface area contributed by atoms with Gasteiger partial charge in [0.15, 0.2) is 0 Å². The minimum atomic E-state index is -0.254. The van der Waals surface area contributed by atoms with Gasteiger partial charge in [-0.05, 0) is 12.1 Å². The fraction of sp³-hybridized carbons (Fsp3) is 0.167. The number of amides is 1. The Balaban J connectivity index is 1.71. The van der Waals surface area contributed by atoms with E-state index in [1.54, 1.807) is 0 Å². The summed E-state index contributed by atoms with van der Waals surface area (Å²) in [4.78, 5) is 11.6. The summed E-state index contributed by atoms with van der Waals surface area (Å²) in [7, 11) is 0. The largest absolute Gasteiger partial charge is 0.492 e. The highest BCUT2D eigenvalue weighted by atomic mass is 16.5. The number of aromatic amines is 1. The van der Waals surface area contributed by atoms with Crippen molar-refractivity contribution < 1.29 is 9.53 Å². The van der Waals surface area contributed by atoms with E-state index < -0.39 is 0 Å². The normalized spacial score (nSPS) is 10.0. The molecule has 18 heavy (non-hydrogen) atoms. The number of carbonyl (C=O) groups is 1. The van der Waals surface area contributed by atoms with E-state index in [1.165, 1.54) is 6.07 Å². The van der Waals surface area contributed by atoms with Gasteiger partial charge < -0.3 is 15.8 Å². The molecule has 1 amide bonds. The Morgan fingerprint density at radius 1 is 1.39 bits per heavy atom. The SMILES string of the molecule is Nc1cc(C(=O)NCCOc2ccccc2)[nH]n1. The maximum atomic E-state index is 11.6. The zero-order valence-electron chi connectivity index (χ0n) is 9.72. The van der Waals surface area contributed by atoms with Crippen molar-refractivity contribution in [2.45, 2.75) is 0 Å². The Bertz CT molecular complexity index is 510. The van der Waals surface area contributed by atoms with Crippen LogP contribution in [-0.4, -0.2) is 29.3 Å². The van der Waals surface area contributed by atoms with Crippen molar-refractivity contribution in [3.05, 3.63) is 42.1 Å². The summed E-state index contributed by atoms with van der Waals surface area (Å²) in [6.07, 6.45) is 0. The average Bonchev–Trinajstić information content (AvgIpc) is 2.82. The number of nitrogen functional groups attached to an aromatic ring is 1. The monoisotopic (exact) mass is 246 g/mol. The number of H-pyrrole nitrogens is 1. The van der Waals surface area contributed by atoms with Crippen molar-refractivity contribution in [3.63, 3.8) is 0 Å². The zero-order chi connectivity index (χ0) is 12.8. The van der Waals surface area contributed by atoms with E-state index >= 15 is 0 Å². The zero-order valence-corrected chi connectivity index (χ0v) is 9.72. The number of nitrogens with two attached hydrogens (primary N) is 1. The maximum absolute atomic E-state index is 11.6. The molecule has 0 aliphatic rings. The van der Waals surface area contributed by atoms with Gasteiger partial charge in [0.1, 0.15) is 23.9 Å². The highest BCUT2D eigenvalue weighted by molar-refractivity contribution is 5.92. The lowest BCUT2D eigenvalue weighted by Gasteiger charge is -2.06. The topological polar surface area (TPSA) is 93.0 Å². The molecule has 0 unspecified atom stereocenters. The third-order valence-electron chi connectivity index (χ3n) is 2.24. The van der Waals surface area contributed by atoms with Crippen LogP contribution >= 0.6 is 0 Å². The third kappa shape index (κ3) is 3.24. The summed E-state index contributed by atoms with van der Waals surface area (Å²) >= 11 is 0. The van der Waals surface area contributed by atoms with Crippen LogP contribution < -0.4 is 15.8 Å². The van der Waals surface area contributed by atoms with Crippen LogP contribution in [0.25, 0.3) is 0 Å². The second-order valence-corrected chi connectivity index (χ2v) is 3.62. The molecule has 1 aromatic carbocycles. The summed E-state index contributed by atoms with van der Waals surface area (Å²) in [6, 6.07) is 10.9. The second kappa shape index (κ2) is 5.72. The quantitative estimate of drug-likeness (QED) is 0.680. The number of hydrogen-bond acceptors (Lipinski definition) is 4. The van der Waals surface area contributed by atoms with Gasteiger partial charge in [0, 0.05) is 6.07 Å². The molecule has 0 saturated heterocycles. The second-order valence-electron chi connectivity index (χ2n) is 3.62. The van der Waals surface area contributed by atoms with E-state index in [2.05, 4.69) is 15.5 Å². The maximum Gasteiger partial charge on any atom is 0.269 e. The van der Waals surface area contributed by atoms with Crippen LogP contribution in [0.3, 0.4) is 0 Å². The van der Waals surface area contributed by atoms with Gasteiger partial charge in [0.2, 0.25) is 0 Å². The molecular weight excluding hydrogens is 232 g/mol. The number of nitrogens with zero attached hydrogens (tertiary/aromatic N) is 1. The minimum Gasteiger partial charge on any atom is -0.492 e. The highest BCUT2D eigenvalue weighted by Gasteiger charge is 2.07. The fourth-order valence-electron chi connectivity index (χ4n) is 1.40. The number of hydrogen-bond donors (Lipinski definition) is 3. The summed E-state index contributed by atoms with van der Waals surface area (Å²) in [5, 5.41) is 8.90. The molecule has 0 spiro atoms. The van der Waals surface area contributed by atoms with Gasteiger partial charge in [-0.15, -0.1) is 0 Å². The summed E-state index contributed by atoms with van der Waals surface area (Å²) < 4.78 is 5.43.